The number of carbonyl (C=O) groups is 2. The maximum Gasteiger partial charge on any atom is 0.433 e. The monoisotopic (exact) mass is 342 g/mol. The molecule has 1 saturated heterocycles. The number of carboxylic acid groups (broad SMARTS) is 1. The molecule has 0 saturated carbocycles. The molecule has 1 aromatic rings. The summed E-state index contributed by atoms with van der Waals surface area (Å²) in [5.74, 6) is -1.54. The van der Waals surface area contributed by atoms with Gasteiger partial charge in [0.15, 0.2) is 0 Å². The maximum absolute atomic E-state index is 12.2. The lowest BCUT2D eigenvalue weighted by molar-refractivity contribution is -0.402. The van der Waals surface area contributed by atoms with Crippen LogP contribution in [0.2, 0.25) is 0 Å². The lowest BCUT2D eigenvalue weighted by Crippen LogP contribution is -2.29. The van der Waals surface area contributed by atoms with E-state index < -0.39 is 16.8 Å². The van der Waals surface area contributed by atoms with Crippen molar-refractivity contribution in [2.24, 2.45) is 0 Å². The molecule has 1 aliphatic heterocycles. The van der Waals surface area contributed by atoms with Crippen molar-refractivity contribution in [1.29, 1.82) is 0 Å². The number of amides is 1. The predicted molar refractivity (Wildman–Crippen MR) is 82.1 cm³/mol. The SMILES string of the molecule is O=C(O)CCCN1C(=O)/C(=C\c2ccc([N+](=O)[O-])o2)SC1=S. The molecule has 0 unspecified atom stereocenters. The minimum absolute atomic E-state index is 0.0551. The van der Waals surface area contributed by atoms with Crippen molar-refractivity contribution in [3.05, 3.63) is 32.9 Å². The van der Waals surface area contributed by atoms with Gasteiger partial charge in [-0.05, 0) is 12.5 Å². The Morgan fingerprint density at radius 3 is 2.86 bits per heavy atom. The van der Waals surface area contributed by atoms with E-state index in [-0.39, 0.29) is 29.5 Å². The molecule has 0 aliphatic carbocycles. The Kier molecular flexibility index (Phi) is 4.93. The van der Waals surface area contributed by atoms with E-state index in [0.717, 1.165) is 11.8 Å². The van der Waals surface area contributed by atoms with Crippen LogP contribution in [0.5, 0.6) is 0 Å². The number of hydrogen-bond donors (Lipinski definition) is 1. The number of nitro groups is 1. The third-order valence-corrected chi connectivity index (χ3v) is 4.09. The van der Waals surface area contributed by atoms with Crippen molar-refractivity contribution in [1.82, 2.24) is 4.90 Å². The van der Waals surface area contributed by atoms with Crippen LogP contribution in [-0.4, -0.2) is 37.7 Å². The third-order valence-electron chi connectivity index (χ3n) is 2.71. The van der Waals surface area contributed by atoms with Crippen molar-refractivity contribution in [3.63, 3.8) is 0 Å². The minimum atomic E-state index is -0.941. The van der Waals surface area contributed by atoms with Gasteiger partial charge in [0.1, 0.15) is 15.0 Å². The molecule has 10 heteroatoms. The summed E-state index contributed by atoms with van der Waals surface area (Å²) >= 11 is 6.12. The first kappa shape index (κ1) is 16.2. The third kappa shape index (κ3) is 3.71. The predicted octanol–water partition coefficient (Wildman–Crippen LogP) is 2.25. The van der Waals surface area contributed by atoms with Gasteiger partial charge in [-0.1, -0.05) is 24.0 Å². The number of thiocarbonyl (C=S) groups is 1. The fourth-order valence-electron chi connectivity index (χ4n) is 1.73. The topological polar surface area (TPSA) is 114 Å². The second kappa shape index (κ2) is 6.71. The van der Waals surface area contributed by atoms with Crippen molar-refractivity contribution >= 4 is 52.1 Å². The van der Waals surface area contributed by atoms with Gasteiger partial charge in [0, 0.05) is 19.0 Å². The molecule has 22 heavy (non-hydrogen) atoms. The van der Waals surface area contributed by atoms with E-state index >= 15 is 0 Å². The van der Waals surface area contributed by atoms with Crippen molar-refractivity contribution in [2.75, 3.05) is 6.54 Å². The second-order valence-corrected chi connectivity index (χ2v) is 5.94. The van der Waals surface area contributed by atoms with Gasteiger partial charge >= 0.3 is 11.9 Å². The van der Waals surface area contributed by atoms with Crippen LogP contribution in [0.15, 0.2) is 21.5 Å². The molecule has 2 rings (SSSR count). The number of furan rings is 1. The van der Waals surface area contributed by atoms with E-state index in [1.807, 2.05) is 0 Å². The van der Waals surface area contributed by atoms with Crippen LogP contribution in [0.1, 0.15) is 18.6 Å². The van der Waals surface area contributed by atoms with Crippen LogP contribution >= 0.6 is 24.0 Å². The second-order valence-electron chi connectivity index (χ2n) is 4.26. The van der Waals surface area contributed by atoms with Crippen LogP contribution in [-0.2, 0) is 9.59 Å². The van der Waals surface area contributed by atoms with Gasteiger partial charge in [-0.25, -0.2) is 0 Å². The number of rotatable bonds is 6. The zero-order valence-electron chi connectivity index (χ0n) is 11.1. The number of carbonyl (C=O) groups excluding carboxylic acids is 1. The molecule has 8 nitrogen and oxygen atoms in total. The number of carboxylic acids is 1. The first-order valence-electron chi connectivity index (χ1n) is 6.10. The normalized spacial score (nSPS) is 16.5. The Hall–Kier alpha value is -2.20. The number of hydrogen-bond acceptors (Lipinski definition) is 7. The molecule has 1 aromatic heterocycles. The molecular formula is C12H10N2O6S2. The molecular weight excluding hydrogens is 332 g/mol. The van der Waals surface area contributed by atoms with Crippen LogP contribution in [0, 0.1) is 10.1 Å². The van der Waals surface area contributed by atoms with E-state index in [9.17, 15) is 19.7 Å². The Balaban J connectivity index is 2.08. The molecule has 0 bridgehead atoms. The van der Waals surface area contributed by atoms with Crippen molar-refractivity contribution in [2.45, 2.75) is 12.8 Å². The fraction of sp³-hybridized carbons (Fsp3) is 0.250. The van der Waals surface area contributed by atoms with E-state index in [1.165, 1.54) is 23.1 Å². The minimum Gasteiger partial charge on any atom is -0.481 e. The smallest absolute Gasteiger partial charge is 0.433 e. The Bertz CT molecular complexity index is 681. The van der Waals surface area contributed by atoms with Crippen LogP contribution in [0.25, 0.3) is 6.08 Å². The van der Waals surface area contributed by atoms with Crippen molar-refractivity contribution in [3.8, 4) is 0 Å². The Morgan fingerprint density at radius 1 is 1.55 bits per heavy atom. The van der Waals surface area contributed by atoms with E-state index in [4.69, 9.17) is 21.7 Å². The van der Waals surface area contributed by atoms with Gasteiger partial charge in [-0.15, -0.1) is 0 Å². The molecule has 2 heterocycles. The fourth-order valence-corrected chi connectivity index (χ4v) is 3.02. The van der Waals surface area contributed by atoms with Gasteiger partial charge in [0.25, 0.3) is 5.91 Å². The summed E-state index contributed by atoms with van der Waals surface area (Å²) in [4.78, 5) is 34.1. The molecule has 0 spiro atoms. The van der Waals surface area contributed by atoms with Gasteiger partial charge in [0.05, 0.1) is 11.0 Å². The number of nitrogens with zero attached hydrogens (tertiary/aromatic N) is 2. The largest absolute Gasteiger partial charge is 0.481 e. The van der Waals surface area contributed by atoms with Gasteiger partial charge in [-0.2, -0.15) is 0 Å². The van der Waals surface area contributed by atoms with E-state index in [1.54, 1.807) is 0 Å². The molecule has 0 radical (unpaired) electrons. The lowest BCUT2D eigenvalue weighted by Gasteiger charge is -2.12. The van der Waals surface area contributed by atoms with Gasteiger partial charge < -0.3 is 9.52 Å². The highest BCUT2D eigenvalue weighted by Crippen LogP contribution is 2.33. The van der Waals surface area contributed by atoms with E-state index in [2.05, 4.69) is 0 Å². The number of thioether (sulfide) groups is 1. The Labute approximate surface area is 133 Å². The molecule has 1 N–H and O–H groups in total. The lowest BCUT2D eigenvalue weighted by atomic mass is 10.3. The van der Waals surface area contributed by atoms with Crippen molar-refractivity contribution < 1.29 is 24.0 Å². The number of aliphatic carboxylic acids is 1. The quantitative estimate of drug-likeness (QED) is 0.362. The average molecular weight is 342 g/mol. The zero-order valence-corrected chi connectivity index (χ0v) is 12.7. The molecule has 0 aromatic carbocycles. The molecule has 1 fully saturated rings. The molecule has 1 aliphatic rings. The first-order chi connectivity index (χ1) is 10.4. The highest BCUT2D eigenvalue weighted by Gasteiger charge is 2.32. The molecule has 116 valence electrons. The summed E-state index contributed by atoms with van der Waals surface area (Å²) in [7, 11) is 0. The zero-order chi connectivity index (χ0) is 16.3. The van der Waals surface area contributed by atoms with Crippen LogP contribution < -0.4 is 0 Å². The summed E-state index contributed by atoms with van der Waals surface area (Å²) in [5.41, 5.74) is 0. The highest BCUT2D eigenvalue weighted by atomic mass is 32.2. The van der Waals surface area contributed by atoms with Gasteiger partial charge in [-0.3, -0.25) is 24.6 Å². The molecule has 1 amide bonds. The Morgan fingerprint density at radius 2 is 2.27 bits per heavy atom. The summed E-state index contributed by atoms with van der Waals surface area (Å²) in [5, 5.41) is 19.1. The summed E-state index contributed by atoms with van der Waals surface area (Å²) in [6.07, 6.45) is 1.62. The average Bonchev–Trinajstić information content (AvgIpc) is 2.99. The highest BCUT2D eigenvalue weighted by molar-refractivity contribution is 8.26. The summed E-state index contributed by atoms with van der Waals surface area (Å²) in [6.45, 7) is 0.215. The van der Waals surface area contributed by atoms with E-state index in [0.29, 0.717) is 10.7 Å². The first-order valence-corrected chi connectivity index (χ1v) is 7.32. The van der Waals surface area contributed by atoms with Crippen LogP contribution in [0.3, 0.4) is 0 Å². The maximum atomic E-state index is 12.2. The van der Waals surface area contributed by atoms with Crippen LogP contribution in [0.4, 0.5) is 5.88 Å². The summed E-state index contributed by atoms with van der Waals surface area (Å²) in [6, 6.07) is 2.58. The van der Waals surface area contributed by atoms with Gasteiger partial charge in [0.2, 0.25) is 0 Å². The molecule has 0 atom stereocenters. The summed E-state index contributed by atoms with van der Waals surface area (Å²) < 4.78 is 5.28. The standard InChI is InChI=1S/C12H10N2O6S2/c15-10(16)2-1-5-13-11(17)8(22-12(13)21)6-7-3-4-9(20-7)14(18)19/h3-4,6H,1-2,5H2,(H,15,16)/b8-6+.